The van der Waals surface area contributed by atoms with Crippen molar-refractivity contribution in [3.63, 3.8) is 0 Å². The Morgan fingerprint density at radius 1 is 1.33 bits per heavy atom. The summed E-state index contributed by atoms with van der Waals surface area (Å²) in [5.41, 5.74) is 1.06. The Labute approximate surface area is 92.5 Å². The zero-order chi connectivity index (χ0) is 11.1. The van der Waals surface area contributed by atoms with Crippen molar-refractivity contribution >= 4 is 0 Å². The Hall–Kier alpha value is -1.26. The molecule has 0 fully saturated rings. The lowest BCUT2D eigenvalue weighted by Gasteiger charge is -2.21. The molecule has 0 aromatic heterocycles. The summed E-state index contributed by atoms with van der Waals surface area (Å²) >= 11 is 0. The van der Waals surface area contributed by atoms with E-state index in [2.05, 4.69) is 31.9 Å². The minimum absolute atomic E-state index is 0.130. The summed E-state index contributed by atoms with van der Waals surface area (Å²) < 4.78 is 5.62. The van der Waals surface area contributed by atoms with Crippen molar-refractivity contribution in [3.8, 4) is 12.3 Å². The van der Waals surface area contributed by atoms with Gasteiger partial charge in [-0.3, -0.25) is 0 Å². The van der Waals surface area contributed by atoms with Crippen molar-refractivity contribution < 1.29 is 4.74 Å². The molecule has 0 N–H and O–H groups in total. The smallest absolute Gasteiger partial charge is 0.0717 e. The first-order valence-corrected chi connectivity index (χ1v) is 5.29. The molecular formula is C14H18O. The Kier molecular flexibility index (Phi) is 4.39. The second kappa shape index (κ2) is 5.58. The normalized spacial score (nSPS) is 14.2. The second-order valence-corrected chi connectivity index (χ2v) is 4.04. The molecule has 0 radical (unpaired) electrons. The molecule has 0 aliphatic carbocycles. The molecule has 0 aliphatic rings. The van der Waals surface area contributed by atoms with Crippen molar-refractivity contribution in [2.75, 3.05) is 6.61 Å². The van der Waals surface area contributed by atoms with Gasteiger partial charge in [0.1, 0.15) is 0 Å². The lowest BCUT2D eigenvalue weighted by atomic mass is 9.90. The van der Waals surface area contributed by atoms with Gasteiger partial charge in [-0.1, -0.05) is 43.2 Å². The standard InChI is InChI=1S/C14H18O/c1-4-14(3,5-2)12-15-11-13-9-7-6-8-10-13/h1,6-10H,5,11-12H2,2-3H3. The number of benzene rings is 1. The number of hydrogen-bond donors (Lipinski definition) is 0. The van der Waals surface area contributed by atoms with E-state index in [0.717, 1.165) is 6.42 Å². The van der Waals surface area contributed by atoms with E-state index in [1.54, 1.807) is 0 Å². The van der Waals surface area contributed by atoms with E-state index in [0.29, 0.717) is 13.2 Å². The molecule has 0 saturated carbocycles. The first kappa shape index (κ1) is 11.8. The van der Waals surface area contributed by atoms with Gasteiger partial charge in [-0.2, -0.15) is 0 Å². The molecule has 0 amide bonds. The minimum atomic E-state index is -0.130. The Morgan fingerprint density at radius 2 is 2.00 bits per heavy atom. The SMILES string of the molecule is C#CC(C)(CC)COCc1ccccc1. The zero-order valence-corrected chi connectivity index (χ0v) is 9.49. The highest BCUT2D eigenvalue weighted by Gasteiger charge is 2.18. The molecular weight excluding hydrogens is 184 g/mol. The summed E-state index contributed by atoms with van der Waals surface area (Å²) in [5.74, 6) is 2.79. The van der Waals surface area contributed by atoms with Crippen LogP contribution in [-0.4, -0.2) is 6.61 Å². The molecule has 0 bridgehead atoms. The summed E-state index contributed by atoms with van der Waals surface area (Å²) in [5, 5.41) is 0. The molecule has 1 aromatic rings. The first-order chi connectivity index (χ1) is 7.20. The van der Waals surface area contributed by atoms with Crippen LogP contribution in [0.2, 0.25) is 0 Å². The van der Waals surface area contributed by atoms with Gasteiger partial charge in [-0.25, -0.2) is 0 Å². The fraction of sp³-hybridized carbons (Fsp3) is 0.429. The highest BCUT2D eigenvalue weighted by Crippen LogP contribution is 2.20. The van der Waals surface area contributed by atoms with Crippen LogP contribution in [0.1, 0.15) is 25.8 Å². The fourth-order valence-electron chi connectivity index (χ4n) is 1.21. The predicted octanol–water partition coefficient (Wildman–Crippen LogP) is 3.25. The lowest BCUT2D eigenvalue weighted by molar-refractivity contribution is 0.0667. The summed E-state index contributed by atoms with van der Waals surface area (Å²) in [6, 6.07) is 10.1. The van der Waals surface area contributed by atoms with Crippen LogP contribution < -0.4 is 0 Å². The van der Waals surface area contributed by atoms with Crippen LogP contribution in [0.25, 0.3) is 0 Å². The summed E-state index contributed by atoms with van der Waals surface area (Å²) in [4.78, 5) is 0. The number of hydrogen-bond acceptors (Lipinski definition) is 1. The largest absolute Gasteiger partial charge is 0.375 e. The molecule has 0 saturated heterocycles. The fourth-order valence-corrected chi connectivity index (χ4v) is 1.21. The molecule has 80 valence electrons. The van der Waals surface area contributed by atoms with Gasteiger partial charge in [-0.05, 0) is 18.9 Å². The lowest BCUT2D eigenvalue weighted by Crippen LogP contribution is -2.20. The van der Waals surface area contributed by atoms with Crippen LogP contribution in [-0.2, 0) is 11.3 Å². The summed E-state index contributed by atoms with van der Waals surface area (Å²) in [6.45, 7) is 5.40. The summed E-state index contributed by atoms with van der Waals surface area (Å²) in [6.07, 6.45) is 6.41. The quantitative estimate of drug-likeness (QED) is 0.666. The molecule has 0 heterocycles. The monoisotopic (exact) mass is 202 g/mol. The van der Waals surface area contributed by atoms with Crippen LogP contribution in [0.15, 0.2) is 30.3 Å². The van der Waals surface area contributed by atoms with Crippen molar-refractivity contribution in [3.05, 3.63) is 35.9 Å². The van der Waals surface area contributed by atoms with Crippen LogP contribution in [0.4, 0.5) is 0 Å². The van der Waals surface area contributed by atoms with E-state index in [1.165, 1.54) is 5.56 Å². The van der Waals surface area contributed by atoms with Gasteiger partial charge < -0.3 is 4.74 Å². The minimum Gasteiger partial charge on any atom is -0.375 e. The third-order valence-electron chi connectivity index (χ3n) is 2.66. The van der Waals surface area contributed by atoms with Crippen LogP contribution >= 0.6 is 0 Å². The van der Waals surface area contributed by atoms with Gasteiger partial charge in [0.15, 0.2) is 0 Å². The Morgan fingerprint density at radius 3 is 2.53 bits per heavy atom. The average Bonchev–Trinajstić information content (AvgIpc) is 2.30. The molecule has 1 aromatic carbocycles. The number of ether oxygens (including phenoxy) is 1. The third kappa shape index (κ3) is 3.77. The van der Waals surface area contributed by atoms with Gasteiger partial charge in [0.2, 0.25) is 0 Å². The molecule has 1 rings (SSSR count). The summed E-state index contributed by atoms with van der Waals surface area (Å²) in [7, 11) is 0. The zero-order valence-electron chi connectivity index (χ0n) is 9.49. The molecule has 1 nitrogen and oxygen atoms in total. The molecule has 0 aliphatic heterocycles. The molecule has 1 heteroatoms. The van der Waals surface area contributed by atoms with Gasteiger partial charge in [0.05, 0.1) is 18.6 Å². The number of terminal acetylenes is 1. The Balaban J connectivity index is 2.37. The van der Waals surface area contributed by atoms with Crippen LogP contribution in [0.3, 0.4) is 0 Å². The second-order valence-electron chi connectivity index (χ2n) is 4.04. The van der Waals surface area contributed by atoms with E-state index >= 15 is 0 Å². The van der Waals surface area contributed by atoms with Crippen molar-refractivity contribution in [2.24, 2.45) is 5.41 Å². The van der Waals surface area contributed by atoms with Crippen molar-refractivity contribution in [2.45, 2.75) is 26.9 Å². The van der Waals surface area contributed by atoms with Crippen molar-refractivity contribution in [1.82, 2.24) is 0 Å². The highest BCUT2D eigenvalue weighted by molar-refractivity contribution is 5.13. The molecule has 0 spiro atoms. The number of rotatable bonds is 5. The molecule has 15 heavy (non-hydrogen) atoms. The molecule has 1 unspecified atom stereocenters. The van der Waals surface area contributed by atoms with Gasteiger partial charge in [0, 0.05) is 0 Å². The van der Waals surface area contributed by atoms with Gasteiger partial charge >= 0.3 is 0 Å². The van der Waals surface area contributed by atoms with Crippen molar-refractivity contribution in [1.29, 1.82) is 0 Å². The average molecular weight is 202 g/mol. The predicted molar refractivity (Wildman–Crippen MR) is 63.3 cm³/mol. The maximum atomic E-state index is 5.62. The maximum absolute atomic E-state index is 5.62. The van der Waals surface area contributed by atoms with E-state index in [9.17, 15) is 0 Å². The highest BCUT2D eigenvalue weighted by atomic mass is 16.5. The van der Waals surface area contributed by atoms with E-state index in [1.807, 2.05) is 18.2 Å². The van der Waals surface area contributed by atoms with Gasteiger partial charge in [-0.15, -0.1) is 6.42 Å². The van der Waals surface area contributed by atoms with E-state index < -0.39 is 0 Å². The maximum Gasteiger partial charge on any atom is 0.0717 e. The van der Waals surface area contributed by atoms with Gasteiger partial charge in [0.25, 0.3) is 0 Å². The van der Waals surface area contributed by atoms with E-state index in [4.69, 9.17) is 11.2 Å². The third-order valence-corrected chi connectivity index (χ3v) is 2.66. The molecule has 1 atom stereocenters. The van der Waals surface area contributed by atoms with Crippen LogP contribution in [0.5, 0.6) is 0 Å². The first-order valence-electron chi connectivity index (χ1n) is 5.29. The van der Waals surface area contributed by atoms with E-state index in [-0.39, 0.29) is 5.41 Å². The van der Waals surface area contributed by atoms with Crippen LogP contribution in [0, 0.1) is 17.8 Å². The Bertz CT molecular complexity index is 323. The topological polar surface area (TPSA) is 9.23 Å².